The summed E-state index contributed by atoms with van der Waals surface area (Å²) in [7, 11) is 1.37. The van der Waals surface area contributed by atoms with Crippen LogP contribution in [0, 0.1) is 0 Å². The van der Waals surface area contributed by atoms with Gasteiger partial charge in [0, 0.05) is 6.04 Å². The lowest BCUT2D eigenvalue weighted by atomic mass is 10.0. The summed E-state index contributed by atoms with van der Waals surface area (Å²) < 4.78 is 4.61. The first-order valence-electron chi connectivity index (χ1n) is 5.13. The molecule has 0 aromatic heterocycles. The smallest absolute Gasteiger partial charge is 0.337 e. The predicted molar refractivity (Wildman–Crippen MR) is 59.6 cm³/mol. The summed E-state index contributed by atoms with van der Waals surface area (Å²) in [5.74, 6) is -0.314. The molecule has 1 aromatic rings. The molecule has 1 atom stereocenters. The quantitative estimate of drug-likeness (QED) is 0.770. The normalized spacial score (nSPS) is 12.2. The molecule has 0 fully saturated rings. The number of benzene rings is 1. The summed E-state index contributed by atoms with van der Waals surface area (Å²) >= 11 is 0. The number of rotatable bonds is 4. The van der Waals surface area contributed by atoms with Gasteiger partial charge in [-0.1, -0.05) is 25.5 Å². The van der Waals surface area contributed by atoms with Crippen molar-refractivity contribution < 1.29 is 9.53 Å². The van der Waals surface area contributed by atoms with Crippen LogP contribution < -0.4 is 5.73 Å². The average molecular weight is 207 g/mol. The molecule has 0 unspecified atom stereocenters. The maximum Gasteiger partial charge on any atom is 0.337 e. The Kier molecular flexibility index (Phi) is 4.31. The molecule has 1 rings (SSSR count). The molecule has 0 saturated heterocycles. The molecule has 0 radical (unpaired) electrons. The van der Waals surface area contributed by atoms with E-state index in [1.54, 1.807) is 12.1 Å². The van der Waals surface area contributed by atoms with Gasteiger partial charge in [0.15, 0.2) is 0 Å². The van der Waals surface area contributed by atoms with Crippen molar-refractivity contribution in [3.8, 4) is 0 Å². The zero-order valence-electron chi connectivity index (χ0n) is 9.19. The Morgan fingerprint density at radius 1 is 1.40 bits per heavy atom. The van der Waals surface area contributed by atoms with E-state index in [1.807, 2.05) is 12.1 Å². The number of hydrogen-bond acceptors (Lipinski definition) is 3. The van der Waals surface area contributed by atoms with E-state index in [2.05, 4.69) is 11.7 Å². The van der Waals surface area contributed by atoms with Gasteiger partial charge < -0.3 is 10.5 Å². The maximum atomic E-state index is 11.2. The van der Waals surface area contributed by atoms with Gasteiger partial charge in [0.25, 0.3) is 0 Å². The molecular formula is C12H17NO2. The van der Waals surface area contributed by atoms with Gasteiger partial charge in [-0.3, -0.25) is 0 Å². The molecule has 15 heavy (non-hydrogen) atoms. The van der Waals surface area contributed by atoms with E-state index >= 15 is 0 Å². The zero-order chi connectivity index (χ0) is 11.3. The lowest BCUT2D eigenvalue weighted by molar-refractivity contribution is 0.0600. The van der Waals surface area contributed by atoms with E-state index < -0.39 is 0 Å². The van der Waals surface area contributed by atoms with E-state index in [-0.39, 0.29) is 12.0 Å². The molecule has 0 aliphatic carbocycles. The zero-order valence-corrected chi connectivity index (χ0v) is 9.19. The van der Waals surface area contributed by atoms with E-state index in [9.17, 15) is 4.79 Å². The Bertz CT molecular complexity index is 319. The minimum absolute atomic E-state index is 0.0571. The Balaban J connectivity index is 2.76. The van der Waals surface area contributed by atoms with Gasteiger partial charge in [-0.15, -0.1) is 0 Å². The second-order valence-corrected chi connectivity index (χ2v) is 3.51. The van der Waals surface area contributed by atoms with Gasteiger partial charge in [-0.2, -0.15) is 0 Å². The van der Waals surface area contributed by atoms with Crippen LogP contribution in [0.1, 0.15) is 41.7 Å². The highest BCUT2D eigenvalue weighted by atomic mass is 16.5. The summed E-state index contributed by atoms with van der Waals surface area (Å²) in [4.78, 5) is 11.2. The largest absolute Gasteiger partial charge is 0.465 e. The molecule has 82 valence electrons. The van der Waals surface area contributed by atoms with Crippen molar-refractivity contribution in [1.29, 1.82) is 0 Å². The van der Waals surface area contributed by atoms with E-state index in [4.69, 9.17) is 5.73 Å². The SMILES string of the molecule is CCC[C@H](N)c1ccc(C(=O)OC)cc1. The van der Waals surface area contributed by atoms with Crippen LogP contribution in [0.2, 0.25) is 0 Å². The fourth-order valence-electron chi connectivity index (χ4n) is 1.46. The van der Waals surface area contributed by atoms with Crippen molar-refractivity contribution in [2.45, 2.75) is 25.8 Å². The molecular weight excluding hydrogens is 190 g/mol. The molecule has 0 aliphatic heterocycles. The number of hydrogen-bond donors (Lipinski definition) is 1. The van der Waals surface area contributed by atoms with Crippen LogP contribution in [0.5, 0.6) is 0 Å². The monoisotopic (exact) mass is 207 g/mol. The number of carbonyl (C=O) groups excluding carboxylic acids is 1. The third-order valence-electron chi connectivity index (χ3n) is 2.36. The topological polar surface area (TPSA) is 52.3 Å². The van der Waals surface area contributed by atoms with Gasteiger partial charge in [0.2, 0.25) is 0 Å². The molecule has 1 aromatic carbocycles. The van der Waals surface area contributed by atoms with Crippen LogP contribution in [0.4, 0.5) is 0 Å². The van der Waals surface area contributed by atoms with Gasteiger partial charge in [0.05, 0.1) is 12.7 Å². The first-order chi connectivity index (χ1) is 7.19. The summed E-state index contributed by atoms with van der Waals surface area (Å²) in [6, 6.07) is 7.31. The van der Waals surface area contributed by atoms with Gasteiger partial charge in [-0.05, 0) is 24.1 Å². The molecule has 0 aliphatic rings. The lowest BCUT2D eigenvalue weighted by Crippen LogP contribution is -2.10. The van der Waals surface area contributed by atoms with Gasteiger partial charge >= 0.3 is 5.97 Å². The molecule has 0 spiro atoms. The molecule has 0 heterocycles. The highest BCUT2D eigenvalue weighted by Crippen LogP contribution is 2.16. The molecule has 0 bridgehead atoms. The van der Waals surface area contributed by atoms with E-state index in [0.29, 0.717) is 5.56 Å². The summed E-state index contributed by atoms with van der Waals surface area (Å²) in [6.45, 7) is 2.10. The summed E-state index contributed by atoms with van der Waals surface area (Å²) in [5.41, 5.74) is 7.57. The Morgan fingerprint density at radius 2 is 2.00 bits per heavy atom. The van der Waals surface area contributed by atoms with Gasteiger partial charge in [-0.25, -0.2) is 4.79 Å². The number of nitrogens with two attached hydrogens (primary N) is 1. The predicted octanol–water partition coefficient (Wildman–Crippen LogP) is 2.27. The van der Waals surface area contributed by atoms with Crippen LogP contribution in [0.3, 0.4) is 0 Å². The van der Waals surface area contributed by atoms with Crippen molar-refractivity contribution in [2.24, 2.45) is 5.73 Å². The Morgan fingerprint density at radius 3 is 2.47 bits per heavy atom. The number of carbonyl (C=O) groups is 1. The van der Waals surface area contributed by atoms with Crippen LogP contribution in [-0.4, -0.2) is 13.1 Å². The third-order valence-corrected chi connectivity index (χ3v) is 2.36. The second-order valence-electron chi connectivity index (χ2n) is 3.51. The highest BCUT2D eigenvalue weighted by molar-refractivity contribution is 5.89. The fourth-order valence-corrected chi connectivity index (χ4v) is 1.46. The minimum atomic E-state index is -0.314. The van der Waals surface area contributed by atoms with Crippen molar-refractivity contribution in [3.63, 3.8) is 0 Å². The number of esters is 1. The average Bonchev–Trinajstić information content (AvgIpc) is 2.28. The first kappa shape index (κ1) is 11.7. The molecule has 0 amide bonds. The Hall–Kier alpha value is -1.35. The van der Waals surface area contributed by atoms with Crippen LogP contribution >= 0.6 is 0 Å². The molecule has 0 saturated carbocycles. The van der Waals surface area contributed by atoms with Crippen LogP contribution in [0.25, 0.3) is 0 Å². The van der Waals surface area contributed by atoms with Crippen LogP contribution in [0.15, 0.2) is 24.3 Å². The van der Waals surface area contributed by atoms with Crippen LogP contribution in [-0.2, 0) is 4.74 Å². The Labute approximate surface area is 90.2 Å². The second kappa shape index (κ2) is 5.51. The van der Waals surface area contributed by atoms with E-state index in [0.717, 1.165) is 18.4 Å². The van der Waals surface area contributed by atoms with Crippen molar-refractivity contribution in [1.82, 2.24) is 0 Å². The maximum absolute atomic E-state index is 11.2. The minimum Gasteiger partial charge on any atom is -0.465 e. The first-order valence-corrected chi connectivity index (χ1v) is 5.13. The molecule has 3 heteroatoms. The number of ether oxygens (including phenoxy) is 1. The van der Waals surface area contributed by atoms with Gasteiger partial charge in [0.1, 0.15) is 0 Å². The standard InChI is InChI=1S/C12H17NO2/c1-3-4-11(13)9-5-7-10(8-6-9)12(14)15-2/h5-8,11H,3-4,13H2,1-2H3/t11-/m0/s1. The number of methoxy groups -OCH3 is 1. The fraction of sp³-hybridized carbons (Fsp3) is 0.417. The lowest BCUT2D eigenvalue weighted by Gasteiger charge is -2.10. The molecule has 3 nitrogen and oxygen atoms in total. The third kappa shape index (κ3) is 3.06. The van der Waals surface area contributed by atoms with Crippen molar-refractivity contribution in [2.75, 3.05) is 7.11 Å². The summed E-state index contributed by atoms with van der Waals surface area (Å²) in [5, 5.41) is 0. The van der Waals surface area contributed by atoms with E-state index in [1.165, 1.54) is 7.11 Å². The van der Waals surface area contributed by atoms with Crippen molar-refractivity contribution >= 4 is 5.97 Å². The summed E-state index contributed by atoms with van der Waals surface area (Å²) in [6.07, 6.45) is 2.01. The molecule has 2 N–H and O–H groups in total. The van der Waals surface area contributed by atoms with Crippen molar-refractivity contribution in [3.05, 3.63) is 35.4 Å². The highest BCUT2D eigenvalue weighted by Gasteiger charge is 2.07.